The molecule has 1 amide bonds. The third kappa shape index (κ3) is 3.61. The summed E-state index contributed by atoms with van der Waals surface area (Å²) in [6, 6.07) is 9.43. The Kier molecular flexibility index (Phi) is 4.38. The lowest BCUT2D eigenvalue weighted by atomic mass is 10.2. The number of benzene rings is 2. The lowest BCUT2D eigenvalue weighted by molar-refractivity contribution is -0.153. The van der Waals surface area contributed by atoms with E-state index in [1.807, 2.05) is 0 Å². The molecule has 0 atom stereocenters. The molecule has 0 aliphatic heterocycles. The predicted octanol–water partition coefficient (Wildman–Crippen LogP) is 4.89. The maximum absolute atomic E-state index is 12.6. The summed E-state index contributed by atoms with van der Waals surface area (Å²) in [5.74, 6) is -0.456. The molecule has 2 aromatic heterocycles. The van der Waals surface area contributed by atoms with Crippen LogP contribution in [0.15, 0.2) is 42.6 Å². The van der Waals surface area contributed by atoms with Gasteiger partial charge in [0, 0.05) is 33.6 Å². The van der Waals surface area contributed by atoms with E-state index < -0.39 is 18.7 Å². The van der Waals surface area contributed by atoms with E-state index in [1.165, 1.54) is 18.2 Å². The van der Waals surface area contributed by atoms with Crippen LogP contribution in [0.4, 0.5) is 18.9 Å². The minimum absolute atomic E-state index is 0.0201. The number of anilines is 1. The lowest BCUT2D eigenvalue weighted by Crippen LogP contribution is -2.19. The van der Waals surface area contributed by atoms with Crippen molar-refractivity contribution in [2.75, 3.05) is 11.9 Å². The number of H-pyrrole nitrogens is 2. The summed E-state index contributed by atoms with van der Waals surface area (Å²) in [5.41, 5.74) is 1.82. The number of rotatable bonds is 4. The van der Waals surface area contributed by atoms with E-state index in [1.54, 1.807) is 24.4 Å². The average Bonchev–Trinajstić information content (AvgIpc) is 3.23. The van der Waals surface area contributed by atoms with Crippen molar-refractivity contribution in [3.8, 4) is 5.75 Å². The van der Waals surface area contributed by atoms with Crippen LogP contribution in [0.3, 0.4) is 0 Å². The Bertz CT molecular complexity index is 1180. The van der Waals surface area contributed by atoms with E-state index in [-0.39, 0.29) is 11.4 Å². The highest BCUT2D eigenvalue weighted by Gasteiger charge is 2.28. The molecule has 10 heteroatoms. The summed E-state index contributed by atoms with van der Waals surface area (Å²) in [6.45, 7) is -1.40. The Morgan fingerprint density at radius 3 is 2.75 bits per heavy atom. The standard InChI is InChI=1S/C18H12ClF3N4O2/c19-9-1-4-13-12(5-9)15(7-23-13)24-17(27)16-11-3-2-10(6-14(11)25-26-16)28-8-18(20,21)22/h1-7,23H,8H2,(H,24,27)(H,25,26). The van der Waals surface area contributed by atoms with Crippen LogP contribution in [0, 0.1) is 0 Å². The van der Waals surface area contributed by atoms with Gasteiger partial charge in [0.05, 0.1) is 11.2 Å². The molecule has 0 fully saturated rings. The van der Waals surface area contributed by atoms with Gasteiger partial charge in [0.2, 0.25) is 0 Å². The number of fused-ring (bicyclic) bond motifs is 2. The lowest BCUT2D eigenvalue weighted by Gasteiger charge is -2.08. The van der Waals surface area contributed by atoms with Gasteiger partial charge in [-0.1, -0.05) is 11.6 Å². The number of hydrogen-bond acceptors (Lipinski definition) is 3. The Balaban J connectivity index is 1.58. The Labute approximate surface area is 160 Å². The number of amides is 1. The van der Waals surface area contributed by atoms with E-state index in [4.69, 9.17) is 16.3 Å². The Morgan fingerprint density at radius 1 is 1.14 bits per heavy atom. The first kappa shape index (κ1) is 18.2. The number of nitrogens with one attached hydrogen (secondary N) is 3. The van der Waals surface area contributed by atoms with Crippen LogP contribution in [-0.4, -0.2) is 33.9 Å². The molecule has 0 spiro atoms. The van der Waals surface area contributed by atoms with E-state index in [9.17, 15) is 18.0 Å². The number of carbonyl (C=O) groups is 1. The second kappa shape index (κ2) is 6.75. The molecule has 0 radical (unpaired) electrons. The first-order chi connectivity index (χ1) is 13.3. The topological polar surface area (TPSA) is 82.8 Å². The van der Waals surface area contributed by atoms with Crippen molar-refractivity contribution in [3.05, 3.63) is 53.3 Å². The van der Waals surface area contributed by atoms with Crippen LogP contribution < -0.4 is 10.1 Å². The summed E-state index contributed by atoms with van der Waals surface area (Å²) in [7, 11) is 0. The van der Waals surface area contributed by atoms with Gasteiger partial charge in [-0.2, -0.15) is 18.3 Å². The third-order valence-electron chi connectivity index (χ3n) is 4.04. The second-order valence-corrected chi connectivity index (χ2v) is 6.47. The molecule has 0 saturated heterocycles. The van der Waals surface area contributed by atoms with Crippen LogP contribution in [0.1, 0.15) is 10.5 Å². The minimum atomic E-state index is -4.43. The maximum Gasteiger partial charge on any atom is 0.422 e. The van der Waals surface area contributed by atoms with Gasteiger partial charge in [-0.05, 0) is 30.3 Å². The second-order valence-electron chi connectivity index (χ2n) is 6.03. The monoisotopic (exact) mass is 408 g/mol. The summed E-state index contributed by atoms with van der Waals surface area (Å²) >= 11 is 6.00. The quantitative estimate of drug-likeness (QED) is 0.449. The van der Waals surface area contributed by atoms with Crippen molar-refractivity contribution in [2.45, 2.75) is 6.18 Å². The van der Waals surface area contributed by atoms with E-state index in [2.05, 4.69) is 20.5 Å². The molecule has 4 aromatic rings. The van der Waals surface area contributed by atoms with Crippen molar-refractivity contribution in [1.82, 2.24) is 15.2 Å². The van der Waals surface area contributed by atoms with Gasteiger partial charge in [0.1, 0.15) is 5.75 Å². The van der Waals surface area contributed by atoms with Crippen molar-refractivity contribution in [1.29, 1.82) is 0 Å². The first-order valence-corrected chi connectivity index (χ1v) is 8.44. The molecule has 0 aliphatic carbocycles. The SMILES string of the molecule is O=C(Nc1c[nH]c2ccc(Cl)cc12)c1n[nH]c2cc(OCC(F)(F)F)ccc12. The molecule has 0 aliphatic rings. The molecule has 0 bridgehead atoms. The largest absolute Gasteiger partial charge is 0.484 e. The highest BCUT2D eigenvalue weighted by Crippen LogP contribution is 2.28. The van der Waals surface area contributed by atoms with Crippen LogP contribution in [-0.2, 0) is 0 Å². The fourth-order valence-electron chi connectivity index (χ4n) is 2.80. The highest BCUT2D eigenvalue weighted by molar-refractivity contribution is 6.31. The van der Waals surface area contributed by atoms with Crippen molar-refractivity contribution < 1.29 is 22.7 Å². The zero-order chi connectivity index (χ0) is 19.9. The molecule has 4 rings (SSSR count). The summed E-state index contributed by atoms with van der Waals surface area (Å²) < 4.78 is 41.5. The Hall–Kier alpha value is -3.20. The van der Waals surface area contributed by atoms with Gasteiger partial charge < -0.3 is 15.0 Å². The molecule has 2 aromatic carbocycles. The molecular weight excluding hydrogens is 397 g/mol. The van der Waals surface area contributed by atoms with E-state index in [0.717, 1.165) is 10.9 Å². The number of carbonyl (C=O) groups excluding carboxylic acids is 1. The number of ether oxygens (including phenoxy) is 1. The van der Waals surface area contributed by atoms with Crippen LogP contribution >= 0.6 is 11.6 Å². The van der Waals surface area contributed by atoms with Crippen LogP contribution in [0.5, 0.6) is 5.75 Å². The van der Waals surface area contributed by atoms with Gasteiger partial charge in [0.25, 0.3) is 5.91 Å². The zero-order valence-electron chi connectivity index (χ0n) is 14.0. The molecule has 0 unspecified atom stereocenters. The normalized spacial score (nSPS) is 11.9. The fourth-order valence-corrected chi connectivity index (χ4v) is 2.98. The number of nitrogens with zero attached hydrogens (tertiary/aromatic N) is 1. The predicted molar refractivity (Wildman–Crippen MR) is 98.9 cm³/mol. The van der Waals surface area contributed by atoms with Crippen molar-refractivity contribution >= 4 is 45.0 Å². The molecular formula is C18H12ClF3N4O2. The van der Waals surface area contributed by atoms with Gasteiger partial charge in [-0.25, -0.2) is 0 Å². The van der Waals surface area contributed by atoms with Gasteiger partial charge in [-0.3, -0.25) is 9.89 Å². The number of halogens is 4. The number of alkyl halides is 3. The minimum Gasteiger partial charge on any atom is -0.484 e. The highest BCUT2D eigenvalue weighted by atomic mass is 35.5. The van der Waals surface area contributed by atoms with E-state index in [0.29, 0.717) is 21.6 Å². The van der Waals surface area contributed by atoms with Crippen LogP contribution in [0.25, 0.3) is 21.8 Å². The van der Waals surface area contributed by atoms with Gasteiger partial charge >= 0.3 is 6.18 Å². The fraction of sp³-hybridized carbons (Fsp3) is 0.111. The molecule has 3 N–H and O–H groups in total. The zero-order valence-corrected chi connectivity index (χ0v) is 14.8. The summed E-state index contributed by atoms with van der Waals surface area (Å²) in [4.78, 5) is 15.7. The number of hydrogen-bond donors (Lipinski definition) is 3. The molecule has 0 saturated carbocycles. The summed E-state index contributed by atoms with van der Waals surface area (Å²) in [5, 5.41) is 11.1. The molecule has 6 nitrogen and oxygen atoms in total. The first-order valence-electron chi connectivity index (χ1n) is 8.06. The maximum atomic E-state index is 12.6. The molecule has 144 valence electrons. The van der Waals surface area contributed by atoms with Crippen molar-refractivity contribution in [2.24, 2.45) is 0 Å². The van der Waals surface area contributed by atoms with Crippen molar-refractivity contribution in [3.63, 3.8) is 0 Å². The Morgan fingerprint density at radius 2 is 1.96 bits per heavy atom. The van der Waals surface area contributed by atoms with Gasteiger partial charge in [0.15, 0.2) is 12.3 Å². The van der Waals surface area contributed by atoms with Crippen LogP contribution in [0.2, 0.25) is 5.02 Å². The third-order valence-corrected chi connectivity index (χ3v) is 4.28. The smallest absolute Gasteiger partial charge is 0.422 e. The average molecular weight is 409 g/mol. The number of aromatic amines is 2. The molecule has 2 heterocycles. The van der Waals surface area contributed by atoms with E-state index >= 15 is 0 Å². The molecule has 28 heavy (non-hydrogen) atoms. The summed E-state index contributed by atoms with van der Waals surface area (Å²) in [6.07, 6.45) is -2.80. The van der Waals surface area contributed by atoms with Gasteiger partial charge in [-0.15, -0.1) is 0 Å². The number of aromatic nitrogens is 3.